The molecule has 0 heterocycles. The zero-order valence-corrected chi connectivity index (χ0v) is 12.8. The van der Waals surface area contributed by atoms with Gasteiger partial charge in [0.1, 0.15) is 5.41 Å². The van der Waals surface area contributed by atoms with Gasteiger partial charge in [0.15, 0.2) is 9.84 Å². The van der Waals surface area contributed by atoms with Crippen LogP contribution in [-0.4, -0.2) is 33.6 Å². The first-order valence-corrected chi connectivity index (χ1v) is 8.54. The van der Waals surface area contributed by atoms with E-state index >= 15 is 0 Å². The van der Waals surface area contributed by atoms with E-state index in [-0.39, 0.29) is 12.5 Å². The first-order chi connectivity index (χ1) is 9.40. The maximum absolute atomic E-state index is 11.9. The summed E-state index contributed by atoms with van der Waals surface area (Å²) in [4.78, 5) is 0. The quantitative estimate of drug-likeness (QED) is 0.831. The normalized spacial score (nSPS) is 28.9. The Morgan fingerprint density at radius 3 is 2.35 bits per heavy atom. The Bertz CT molecular complexity index is 630. The third-order valence-electron chi connectivity index (χ3n) is 4.06. The van der Waals surface area contributed by atoms with Gasteiger partial charge in [-0.05, 0) is 17.5 Å². The van der Waals surface area contributed by atoms with Gasteiger partial charge >= 0.3 is 0 Å². The summed E-state index contributed by atoms with van der Waals surface area (Å²) in [5, 5.41) is 8.79. The summed E-state index contributed by atoms with van der Waals surface area (Å²) < 4.78 is 29.0. The molecule has 1 aromatic rings. The summed E-state index contributed by atoms with van der Waals surface area (Å²) in [6, 6.07) is 10.0. The number of ether oxygens (including phenoxy) is 1. The number of methoxy groups -OCH3 is 1. The van der Waals surface area contributed by atoms with Gasteiger partial charge in [0.05, 0.1) is 17.9 Å². The highest BCUT2D eigenvalue weighted by atomic mass is 32.2. The molecule has 0 saturated heterocycles. The average Bonchev–Trinajstić information content (AvgIpc) is 3.09. The fourth-order valence-corrected chi connectivity index (χ4v) is 4.89. The number of benzene rings is 1. The lowest BCUT2D eigenvalue weighted by molar-refractivity contribution is 0.162. The van der Waals surface area contributed by atoms with E-state index in [9.17, 15) is 13.7 Å². The number of aryl methyl sites for hydroxylation is 1. The molecule has 0 radical (unpaired) electrons. The van der Waals surface area contributed by atoms with E-state index in [4.69, 9.17) is 4.74 Å². The molecule has 5 heteroatoms. The van der Waals surface area contributed by atoms with Crippen LogP contribution in [0, 0.1) is 16.7 Å². The van der Waals surface area contributed by atoms with Gasteiger partial charge in [-0.15, -0.1) is 0 Å². The van der Waals surface area contributed by atoms with Crippen LogP contribution in [0.15, 0.2) is 24.3 Å². The van der Waals surface area contributed by atoms with Crippen LogP contribution in [0.3, 0.4) is 0 Å². The average molecular weight is 293 g/mol. The van der Waals surface area contributed by atoms with Gasteiger partial charge in [0.2, 0.25) is 0 Å². The molecule has 108 valence electrons. The van der Waals surface area contributed by atoms with Gasteiger partial charge in [-0.2, -0.15) is 5.26 Å². The zero-order chi connectivity index (χ0) is 15.0. The lowest BCUT2D eigenvalue weighted by Crippen LogP contribution is -2.17. The third-order valence-corrected chi connectivity index (χ3v) is 5.67. The lowest BCUT2D eigenvalue weighted by Gasteiger charge is -2.07. The van der Waals surface area contributed by atoms with Crippen LogP contribution in [0.25, 0.3) is 0 Å². The van der Waals surface area contributed by atoms with Crippen LogP contribution in [0.5, 0.6) is 0 Å². The molecule has 1 aliphatic rings. The molecule has 0 N–H and O–H groups in total. The van der Waals surface area contributed by atoms with Crippen LogP contribution in [0.2, 0.25) is 0 Å². The summed E-state index contributed by atoms with van der Waals surface area (Å²) in [7, 11) is -1.79. The Morgan fingerprint density at radius 1 is 1.35 bits per heavy atom. The lowest BCUT2D eigenvalue weighted by atomic mass is 10.00. The Morgan fingerprint density at radius 2 is 1.95 bits per heavy atom. The minimum atomic E-state index is -3.29. The highest BCUT2D eigenvalue weighted by molar-refractivity contribution is 7.91. The van der Waals surface area contributed by atoms with Crippen molar-refractivity contribution in [2.75, 3.05) is 20.0 Å². The number of nitriles is 1. The molecular weight excluding hydrogens is 274 g/mol. The summed E-state index contributed by atoms with van der Waals surface area (Å²) in [5.41, 5.74) is 1.15. The van der Waals surface area contributed by atoms with E-state index in [1.807, 2.05) is 24.3 Å². The molecule has 1 aliphatic carbocycles. The molecule has 0 bridgehead atoms. The number of rotatable bonds is 5. The first-order valence-electron chi connectivity index (χ1n) is 6.58. The Labute approximate surface area is 120 Å². The van der Waals surface area contributed by atoms with Crippen LogP contribution in [-0.2, 0) is 21.0 Å². The van der Waals surface area contributed by atoms with Crippen molar-refractivity contribution in [3.63, 3.8) is 0 Å². The van der Waals surface area contributed by atoms with Crippen LogP contribution >= 0.6 is 0 Å². The molecular formula is C15H19NO3S. The highest BCUT2D eigenvalue weighted by Crippen LogP contribution is 2.62. The van der Waals surface area contributed by atoms with Crippen molar-refractivity contribution in [3.05, 3.63) is 35.4 Å². The summed E-state index contributed by atoms with van der Waals surface area (Å²) in [5.74, 6) is -0.298. The molecule has 0 unspecified atom stereocenters. The van der Waals surface area contributed by atoms with Crippen molar-refractivity contribution in [2.24, 2.45) is 5.41 Å². The van der Waals surface area contributed by atoms with E-state index in [1.54, 1.807) is 0 Å². The zero-order valence-electron chi connectivity index (χ0n) is 12.0. The molecule has 0 aromatic heterocycles. The van der Waals surface area contributed by atoms with E-state index in [0.29, 0.717) is 0 Å². The van der Waals surface area contributed by atoms with E-state index in [0.717, 1.165) is 12.0 Å². The van der Waals surface area contributed by atoms with Crippen LogP contribution in [0.4, 0.5) is 0 Å². The van der Waals surface area contributed by atoms with Crippen molar-refractivity contribution in [1.82, 2.24) is 0 Å². The standard InChI is InChI=1S/C15H19NO3S/c1-4-11-5-7-12(8-6-11)13-14(20(3,17)18)15(13,9-16)10-19-2/h5-8,13-14H,4,10H2,1-3H3/t13-,14+,15+/m1/s1. The van der Waals surface area contributed by atoms with Gasteiger partial charge in [0, 0.05) is 19.3 Å². The first kappa shape index (κ1) is 15.0. The predicted molar refractivity (Wildman–Crippen MR) is 77.1 cm³/mol. The number of sulfone groups is 1. The Hall–Kier alpha value is -1.38. The van der Waals surface area contributed by atoms with Gasteiger partial charge in [-0.1, -0.05) is 31.2 Å². The number of nitrogens with zero attached hydrogens (tertiary/aromatic N) is 1. The third kappa shape index (κ3) is 2.34. The van der Waals surface area contributed by atoms with Crippen LogP contribution < -0.4 is 0 Å². The SMILES string of the molecule is CCc1ccc([C@@H]2[C@H](S(C)(=O)=O)[C@@]2(C#N)COC)cc1. The summed E-state index contributed by atoms with van der Waals surface area (Å²) >= 11 is 0. The molecule has 0 spiro atoms. The van der Waals surface area contributed by atoms with E-state index in [1.165, 1.54) is 18.9 Å². The predicted octanol–water partition coefficient (Wildman–Crippen LogP) is 1.92. The van der Waals surface area contributed by atoms with E-state index < -0.39 is 20.5 Å². The second-order valence-electron chi connectivity index (χ2n) is 5.41. The van der Waals surface area contributed by atoms with Crippen molar-refractivity contribution in [2.45, 2.75) is 24.5 Å². The van der Waals surface area contributed by atoms with Gasteiger partial charge in [-0.25, -0.2) is 8.42 Å². The fraction of sp³-hybridized carbons (Fsp3) is 0.533. The molecule has 1 aromatic carbocycles. The number of hydrogen-bond donors (Lipinski definition) is 0. The monoisotopic (exact) mass is 293 g/mol. The van der Waals surface area contributed by atoms with Gasteiger partial charge in [0.25, 0.3) is 0 Å². The van der Waals surface area contributed by atoms with Crippen molar-refractivity contribution in [1.29, 1.82) is 5.26 Å². The Balaban J connectivity index is 2.41. The van der Waals surface area contributed by atoms with Crippen molar-refractivity contribution < 1.29 is 13.2 Å². The molecule has 4 nitrogen and oxygen atoms in total. The molecule has 3 atom stereocenters. The van der Waals surface area contributed by atoms with Crippen molar-refractivity contribution >= 4 is 9.84 Å². The topological polar surface area (TPSA) is 67.2 Å². The van der Waals surface area contributed by atoms with E-state index in [2.05, 4.69) is 13.0 Å². The number of hydrogen-bond acceptors (Lipinski definition) is 4. The van der Waals surface area contributed by atoms with Crippen molar-refractivity contribution in [3.8, 4) is 6.07 Å². The molecule has 1 saturated carbocycles. The maximum Gasteiger partial charge on any atom is 0.152 e. The molecule has 0 aliphatic heterocycles. The van der Waals surface area contributed by atoms with Gasteiger partial charge in [-0.3, -0.25) is 0 Å². The highest BCUT2D eigenvalue weighted by Gasteiger charge is 2.71. The summed E-state index contributed by atoms with van der Waals surface area (Å²) in [6.45, 7) is 2.21. The molecule has 0 amide bonds. The fourth-order valence-electron chi connectivity index (χ4n) is 3.04. The largest absolute Gasteiger partial charge is 0.383 e. The second-order valence-corrected chi connectivity index (χ2v) is 7.58. The minimum absolute atomic E-state index is 0.140. The molecule has 2 rings (SSSR count). The smallest absolute Gasteiger partial charge is 0.152 e. The Kier molecular flexibility index (Phi) is 3.90. The minimum Gasteiger partial charge on any atom is -0.383 e. The second kappa shape index (κ2) is 5.19. The van der Waals surface area contributed by atoms with Crippen LogP contribution in [0.1, 0.15) is 24.0 Å². The summed E-state index contributed by atoms with van der Waals surface area (Å²) in [6.07, 6.45) is 2.13. The van der Waals surface area contributed by atoms with Gasteiger partial charge < -0.3 is 4.74 Å². The molecule has 1 fully saturated rings. The maximum atomic E-state index is 11.9. The molecule has 20 heavy (non-hydrogen) atoms.